The summed E-state index contributed by atoms with van der Waals surface area (Å²) in [6.45, 7) is 1.66. The molecule has 0 bridgehead atoms. The van der Waals surface area contributed by atoms with Gasteiger partial charge in [-0.15, -0.1) is 0 Å². The van der Waals surface area contributed by atoms with Crippen molar-refractivity contribution in [3.05, 3.63) is 35.9 Å². The Labute approximate surface area is 114 Å². The molecule has 106 valence electrons. The second-order valence-corrected chi connectivity index (χ2v) is 4.40. The van der Waals surface area contributed by atoms with E-state index in [9.17, 15) is 18.0 Å². The zero-order valence-corrected chi connectivity index (χ0v) is 10.9. The molecule has 19 heavy (non-hydrogen) atoms. The summed E-state index contributed by atoms with van der Waals surface area (Å²) < 4.78 is 40.7. The van der Waals surface area contributed by atoms with E-state index in [-0.39, 0.29) is 5.56 Å². The van der Waals surface area contributed by atoms with Gasteiger partial charge in [0.1, 0.15) is 5.50 Å². The number of carbonyl (C=O) groups is 1. The summed E-state index contributed by atoms with van der Waals surface area (Å²) in [5.74, 6) is 0. The molecule has 0 aliphatic heterocycles. The van der Waals surface area contributed by atoms with E-state index >= 15 is 0 Å². The van der Waals surface area contributed by atoms with Gasteiger partial charge in [0.15, 0.2) is 0 Å². The SMILES string of the molecule is CCC(Cl)NC(=O)NC(F)(F)C(F)c1ccccc1. The van der Waals surface area contributed by atoms with Crippen molar-refractivity contribution in [2.24, 2.45) is 0 Å². The third-order valence-corrected chi connectivity index (χ3v) is 2.75. The van der Waals surface area contributed by atoms with E-state index in [2.05, 4.69) is 5.32 Å². The maximum absolute atomic E-state index is 13.7. The van der Waals surface area contributed by atoms with E-state index in [1.54, 1.807) is 13.0 Å². The van der Waals surface area contributed by atoms with Crippen molar-refractivity contribution in [2.75, 3.05) is 0 Å². The molecule has 0 radical (unpaired) electrons. The molecule has 2 unspecified atom stereocenters. The van der Waals surface area contributed by atoms with E-state index in [0.29, 0.717) is 6.42 Å². The summed E-state index contributed by atoms with van der Waals surface area (Å²) >= 11 is 5.57. The lowest BCUT2D eigenvalue weighted by molar-refractivity contribution is -0.0916. The first-order valence-corrected chi connectivity index (χ1v) is 6.10. The van der Waals surface area contributed by atoms with Gasteiger partial charge < -0.3 is 5.32 Å². The third-order valence-electron chi connectivity index (χ3n) is 2.34. The fourth-order valence-electron chi connectivity index (χ4n) is 1.33. The zero-order chi connectivity index (χ0) is 14.5. The predicted octanol–water partition coefficient (Wildman–Crippen LogP) is 3.56. The number of urea groups is 1. The van der Waals surface area contributed by atoms with Crippen molar-refractivity contribution >= 4 is 17.6 Å². The van der Waals surface area contributed by atoms with Crippen LogP contribution < -0.4 is 10.6 Å². The van der Waals surface area contributed by atoms with Crippen LogP contribution in [0, 0.1) is 0 Å². The van der Waals surface area contributed by atoms with Gasteiger partial charge in [0.25, 0.3) is 0 Å². The molecule has 0 saturated carbocycles. The Bertz CT molecular complexity index is 417. The molecule has 3 nitrogen and oxygen atoms in total. The molecule has 7 heteroatoms. The Kier molecular flexibility index (Phi) is 5.47. The molecule has 0 aliphatic rings. The van der Waals surface area contributed by atoms with Crippen LogP contribution in [0.5, 0.6) is 0 Å². The lowest BCUT2D eigenvalue weighted by Crippen LogP contribution is -2.50. The van der Waals surface area contributed by atoms with Crippen molar-refractivity contribution in [1.29, 1.82) is 0 Å². The number of carbonyl (C=O) groups excluding carboxylic acids is 1. The summed E-state index contributed by atoms with van der Waals surface area (Å²) in [4.78, 5) is 11.2. The van der Waals surface area contributed by atoms with E-state index < -0.39 is 23.8 Å². The molecule has 1 aromatic rings. The highest BCUT2D eigenvalue weighted by Gasteiger charge is 2.42. The van der Waals surface area contributed by atoms with Gasteiger partial charge in [0.2, 0.25) is 6.17 Å². The summed E-state index contributed by atoms with van der Waals surface area (Å²) in [5.41, 5.74) is -1.00. The van der Waals surface area contributed by atoms with Crippen LogP contribution in [0.4, 0.5) is 18.0 Å². The molecule has 0 heterocycles. The molecule has 1 rings (SSSR count). The van der Waals surface area contributed by atoms with Crippen molar-refractivity contribution in [2.45, 2.75) is 31.1 Å². The monoisotopic (exact) mass is 294 g/mol. The van der Waals surface area contributed by atoms with E-state index in [0.717, 1.165) is 0 Å². The van der Waals surface area contributed by atoms with Gasteiger partial charge in [-0.2, -0.15) is 8.78 Å². The predicted molar refractivity (Wildman–Crippen MR) is 66.8 cm³/mol. The van der Waals surface area contributed by atoms with Gasteiger partial charge in [-0.25, -0.2) is 9.18 Å². The zero-order valence-electron chi connectivity index (χ0n) is 10.2. The van der Waals surface area contributed by atoms with Crippen LogP contribution in [-0.4, -0.2) is 17.6 Å². The third kappa shape index (κ3) is 4.63. The van der Waals surface area contributed by atoms with E-state index in [1.165, 1.54) is 29.6 Å². The van der Waals surface area contributed by atoms with Crippen molar-refractivity contribution in [1.82, 2.24) is 10.6 Å². The maximum atomic E-state index is 13.7. The number of halogens is 4. The van der Waals surface area contributed by atoms with E-state index in [4.69, 9.17) is 11.6 Å². The normalized spacial score (nSPS) is 14.6. The molecule has 1 aromatic carbocycles. The van der Waals surface area contributed by atoms with Crippen LogP contribution in [0.2, 0.25) is 0 Å². The number of rotatable bonds is 5. The Morgan fingerprint density at radius 3 is 2.47 bits per heavy atom. The second kappa shape index (κ2) is 6.65. The number of nitrogens with one attached hydrogen (secondary N) is 2. The fourth-order valence-corrected chi connectivity index (χ4v) is 1.43. The van der Waals surface area contributed by atoms with Gasteiger partial charge in [0, 0.05) is 0 Å². The Hall–Kier alpha value is -1.43. The molecule has 0 fully saturated rings. The highest BCUT2D eigenvalue weighted by molar-refractivity contribution is 6.21. The number of hydrogen-bond acceptors (Lipinski definition) is 1. The van der Waals surface area contributed by atoms with Gasteiger partial charge >= 0.3 is 12.1 Å². The van der Waals surface area contributed by atoms with Crippen LogP contribution in [0.3, 0.4) is 0 Å². The van der Waals surface area contributed by atoms with Crippen LogP contribution in [0.1, 0.15) is 25.1 Å². The minimum atomic E-state index is -4.02. The van der Waals surface area contributed by atoms with Gasteiger partial charge in [-0.1, -0.05) is 48.9 Å². The topological polar surface area (TPSA) is 41.1 Å². The Morgan fingerprint density at radius 2 is 1.95 bits per heavy atom. The van der Waals surface area contributed by atoms with Crippen LogP contribution in [0.15, 0.2) is 30.3 Å². The van der Waals surface area contributed by atoms with Gasteiger partial charge in [-0.3, -0.25) is 5.32 Å². The van der Waals surface area contributed by atoms with Gasteiger partial charge in [0.05, 0.1) is 0 Å². The van der Waals surface area contributed by atoms with E-state index in [1.807, 2.05) is 0 Å². The lowest BCUT2D eigenvalue weighted by Gasteiger charge is -2.22. The minimum Gasteiger partial charge on any atom is -0.322 e. The quantitative estimate of drug-likeness (QED) is 0.633. The first-order chi connectivity index (χ1) is 8.86. The average molecular weight is 295 g/mol. The molecule has 2 N–H and O–H groups in total. The molecule has 0 spiro atoms. The Balaban J connectivity index is 2.67. The average Bonchev–Trinajstić information content (AvgIpc) is 2.37. The van der Waals surface area contributed by atoms with Gasteiger partial charge in [-0.05, 0) is 12.0 Å². The van der Waals surface area contributed by atoms with Crippen LogP contribution in [0.25, 0.3) is 0 Å². The largest absolute Gasteiger partial charge is 0.361 e. The molecule has 0 aliphatic carbocycles. The first kappa shape index (κ1) is 15.6. The highest BCUT2D eigenvalue weighted by Crippen LogP contribution is 2.32. The number of alkyl halides is 4. The molecular formula is C12H14ClF3N2O. The number of amides is 2. The highest BCUT2D eigenvalue weighted by atomic mass is 35.5. The first-order valence-electron chi connectivity index (χ1n) is 5.66. The van der Waals surface area contributed by atoms with Crippen molar-refractivity contribution < 1.29 is 18.0 Å². The molecule has 2 atom stereocenters. The van der Waals surface area contributed by atoms with Crippen LogP contribution in [-0.2, 0) is 0 Å². The number of hydrogen-bond donors (Lipinski definition) is 2. The summed E-state index contributed by atoms with van der Waals surface area (Å²) in [6.07, 6.45) is -2.27. The molecule has 0 aromatic heterocycles. The lowest BCUT2D eigenvalue weighted by atomic mass is 10.1. The maximum Gasteiger partial charge on any atom is 0.361 e. The molecule has 2 amide bonds. The summed E-state index contributed by atoms with van der Waals surface area (Å²) in [5, 5.41) is 3.34. The summed E-state index contributed by atoms with van der Waals surface area (Å²) in [6, 6.07) is 1.64. The Morgan fingerprint density at radius 1 is 1.37 bits per heavy atom. The fraction of sp³-hybridized carbons (Fsp3) is 0.417. The van der Waals surface area contributed by atoms with Crippen molar-refractivity contribution in [3.8, 4) is 0 Å². The minimum absolute atomic E-state index is 0.217. The van der Waals surface area contributed by atoms with Crippen LogP contribution >= 0.6 is 11.6 Å². The molecular weight excluding hydrogens is 281 g/mol. The van der Waals surface area contributed by atoms with Crippen molar-refractivity contribution in [3.63, 3.8) is 0 Å². The second-order valence-electron chi connectivity index (χ2n) is 3.87. The number of benzene rings is 1. The smallest absolute Gasteiger partial charge is 0.322 e. The molecule has 0 saturated heterocycles. The summed E-state index contributed by atoms with van der Waals surface area (Å²) in [7, 11) is 0. The standard InChI is InChI=1S/C12H14ClF3N2O/c1-2-9(13)17-11(19)18-12(15,16)10(14)8-6-4-3-5-7-8/h3-7,9-10H,2H2,1H3,(H2,17,18,19).